The molecule has 2 fully saturated rings. The molecule has 1 aromatic heterocycles. The van der Waals surface area contributed by atoms with Crippen LogP contribution in [0.15, 0.2) is 60.7 Å². The van der Waals surface area contributed by atoms with Crippen LogP contribution >= 0.6 is 0 Å². The topological polar surface area (TPSA) is 28.5 Å². The Morgan fingerprint density at radius 3 is 2.31 bits per heavy atom. The second-order valence-corrected chi connectivity index (χ2v) is 8.43. The van der Waals surface area contributed by atoms with Gasteiger partial charge in [0, 0.05) is 49.7 Å². The van der Waals surface area contributed by atoms with E-state index in [0.29, 0.717) is 0 Å². The Balaban J connectivity index is 1.39. The molecule has 2 aliphatic rings. The summed E-state index contributed by atoms with van der Waals surface area (Å²) in [6, 6.07) is 21.6. The van der Waals surface area contributed by atoms with E-state index in [-0.39, 0.29) is 5.91 Å². The molecule has 1 saturated carbocycles. The lowest BCUT2D eigenvalue weighted by molar-refractivity contribution is 0.0564. The Labute approximate surface area is 172 Å². The molecule has 0 atom stereocenters. The predicted octanol–water partition coefficient (Wildman–Crippen LogP) is 4.39. The van der Waals surface area contributed by atoms with Crippen LogP contribution in [0.5, 0.6) is 0 Å². The van der Waals surface area contributed by atoms with Gasteiger partial charge in [-0.2, -0.15) is 0 Å². The van der Waals surface area contributed by atoms with E-state index in [2.05, 4.69) is 62.9 Å². The van der Waals surface area contributed by atoms with E-state index < -0.39 is 0 Å². The summed E-state index contributed by atoms with van der Waals surface area (Å²) in [6.07, 6.45) is 5.39. The summed E-state index contributed by atoms with van der Waals surface area (Å²) >= 11 is 0. The highest BCUT2D eigenvalue weighted by molar-refractivity contribution is 5.99. The molecule has 1 saturated heterocycles. The number of nitrogens with zero attached hydrogens (tertiary/aromatic N) is 3. The molecule has 0 N–H and O–H groups in total. The summed E-state index contributed by atoms with van der Waals surface area (Å²) in [4.78, 5) is 18.2. The van der Waals surface area contributed by atoms with Gasteiger partial charge in [0.25, 0.3) is 5.91 Å². The molecule has 1 amide bonds. The number of fused-ring (bicyclic) bond motifs is 1. The minimum absolute atomic E-state index is 0.170. The molecule has 4 heteroatoms. The maximum absolute atomic E-state index is 13.5. The van der Waals surface area contributed by atoms with Crippen molar-refractivity contribution < 1.29 is 4.79 Å². The van der Waals surface area contributed by atoms with Crippen molar-refractivity contribution in [1.82, 2.24) is 14.4 Å². The number of piperazine rings is 1. The van der Waals surface area contributed by atoms with Crippen molar-refractivity contribution in [3.05, 3.63) is 71.9 Å². The fourth-order valence-corrected chi connectivity index (χ4v) is 5.05. The van der Waals surface area contributed by atoms with E-state index in [1.807, 2.05) is 12.1 Å². The molecule has 0 spiro atoms. The van der Waals surface area contributed by atoms with E-state index in [9.17, 15) is 4.79 Å². The number of amides is 1. The van der Waals surface area contributed by atoms with Crippen LogP contribution in [0.4, 0.5) is 0 Å². The molecule has 2 aromatic carbocycles. The number of hydrogen-bond acceptors (Lipinski definition) is 2. The summed E-state index contributed by atoms with van der Waals surface area (Å²) in [6.45, 7) is 4.41. The number of para-hydroxylation sites is 1. The molecule has 1 aliphatic carbocycles. The predicted molar refractivity (Wildman–Crippen MR) is 117 cm³/mol. The van der Waals surface area contributed by atoms with Gasteiger partial charge in [-0.05, 0) is 30.5 Å². The van der Waals surface area contributed by atoms with Gasteiger partial charge in [-0.1, -0.05) is 61.4 Å². The summed E-state index contributed by atoms with van der Waals surface area (Å²) in [7, 11) is 0. The summed E-state index contributed by atoms with van der Waals surface area (Å²) in [5, 5.41) is 1.14. The first kappa shape index (κ1) is 18.4. The third kappa shape index (κ3) is 3.69. The molecular formula is C25H29N3O. The maximum atomic E-state index is 13.5. The molecular weight excluding hydrogens is 358 g/mol. The number of rotatable bonds is 4. The number of carbonyl (C=O) groups is 1. The minimum atomic E-state index is 0.170. The number of benzene rings is 2. The van der Waals surface area contributed by atoms with Crippen LogP contribution in [0.2, 0.25) is 0 Å². The molecule has 4 nitrogen and oxygen atoms in total. The Bertz CT molecular complexity index is 980. The fraction of sp³-hybridized carbons (Fsp3) is 0.400. The van der Waals surface area contributed by atoms with Crippen molar-refractivity contribution in [1.29, 1.82) is 0 Å². The van der Waals surface area contributed by atoms with Crippen molar-refractivity contribution in [3.8, 4) is 0 Å². The molecule has 5 rings (SSSR count). The highest BCUT2D eigenvalue weighted by atomic mass is 16.2. The SMILES string of the molecule is O=C(c1cc2ccccc2n1Cc1ccccc1)N1CCN(C2CCCC2)CC1. The van der Waals surface area contributed by atoms with Crippen molar-refractivity contribution >= 4 is 16.8 Å². The monoisotopic (exact) mass is 387 g/mol. The van der Waals surface area contributed by atoms with Gasteiger partial charge in [-0.25, -0.2) is 0 Å². The fourth-order valence-electron chi connectivity index (χ4n) is 5.05. The molecule has 0 unspecified atom stereocenters. The average Bonchev–Trinajstić information content (AvgIpc) is 3.43. The first-order valence-electron chi connectivity index (χ1n) is 10.9. The van der Waals surface area contributed by atoms with Crippen LogP contribution in [0.25, 0.3) is 10.9 Å². The highest BCUT2D eigenvalue weighted by Crippen LogP contribution is 2.26. The first-order valence-corrected chi connectivity index (χ1v) is 10.9. The normalized spacial score (nSPS) is 18.6. The Hall–Kier alpha value is -2.59. The van der Waals surface area contributed by atoms with Crippen molar-refractivity contribution in [3.63, 3.8) is 0 Å². The first-order chi connectivity index (χ1) is 14.3. The minimum Gasteiger partial charge on any atom is -0.335 e. The van der Waals surface area contributed by atoms with Crippen LogP contribution in [-0.4, -0.2) is 52.5 Å². The van der Waals surface area contributed by atoms with Crippen molar-refractivity contribution in [2.45, 2.75) is 38.3 Å². The Kier molecular flexibility index (Phi) is 5.11. The van der Waals surface area contributed by atoms with Gasteiger partial charge < -0.3 is 9.47 Å². The molecule has 3 aromatic rings. The third-order valence-electron chi connectivity index (χ3n) is 6.66. The van der Waals surface area contributed by atoms with Crippen LogP contribution in [-0.2, 0) is 6.54 Å². The van der Waals surface area contributed by atoms with E-state index >= 15 is 0 Å². The molecule has 2 heterocycles. The second-order valence-electron chi connectivity index (χ2n) is 8.43. The van der Waals surface area contributed by atoms with Gasteiger partial charge >= 0.3 is 0 Å². The second kappa shape index (κ2) is 8.03. The maximum Gasteiger partial charge on any atom is 0.270 e. The van der Waals surface area contributed by atoms with E-state index in [0.717, 1.165) is 55.4 Å². The molecule has 1 aliphatic heterocycles. The lowest BCUT2D eigenvalue weighted by Crippen LogP contribution is -2.51. The Morgan fingerprint density at radius 1 is 0.862 bits per heavy atom. The summed E-state index contributed by atoms with van der Waals surface area (Å²) < 4.78 is 2.19. The standard InChI is InChI=1S/C25H29N3O/c29-25(27-16-14-26(15-17-27)22-11-5-6-12-22)24-18-21-10-4-7-13-23(21)28(24)19-20-8-2-1-3-9-20/h1-4,7-10,13,18,22H,5-6,11-12,14-17,19H2. The van der Waals surface area contributed by atoms with Crippen molar-refractivity contribution in [2.24, 2.45) is 0 Å². The van der Waals surface area contributed by atoms with Gasteiger partial charge in [0.15, 0.2) is 0 Å². The van der Waals surface area contributed by atoms with Gasteiger partial charge in [-0.3, -0.25) is 9.69 Å². The highest BCUT2D eigenvalue weighted by Gasteiger charge is 2.29. The summed E-state index contributed by atoms with van der Waals surface area (Å²) in [5.74, 6) is 0.170. The number of carbonyl (C=O) groups excluding carboxylic acids is 1. The van der Waals surface area contributed by atoms with Gasteiger partial charge in [0.05, 0.1) is 0 Å². The van der Waals surface area contributed by atoms with Gasteiger partial charge in [0.1, 0.15) is 5.69 Å². The number of hydrogen-bond donors (Lipinski definition) is 0. The zero-order chi connectivity index (χ0) is 19.6. The van der Waals surface area contributed by atoms with E-state index in [4.69, 9.17) is 0 Å². The molecule has 0 bridgehead atoms. The molecule has 29 heavy (non-hydrogen) atoms. The van der Waals surface area contributed by atoms with Crippen molar-refractivity contribution in [2.75, 3.05) is 26.2 Å². The zero-order valence-corrected chi connectivity index (χ0v) is 17.0. The third-order valence-corrected chi connectivity index (χ3v) is 6.66. The van der Waals surface area contributed by atoms with E-state index in [1.54, 1.807) is 0 Å². The number of aromatic nitrogens is 1. The van der Waals surface area contributed by atoms with Crippen LogP contribution in [0, 0.1) is 0 Å². The van der Waals surface area contributed by atoms with Gasteiger partial charge in [-0.15, -0.1) is 0 Å². The average molecular weight is 388 g/mol. The molecule has 0 radical (unpaired) electrons. The van der Waals surface area contributed by atoms with Gasteiger partial charge in [0.2, 0.25) is 0 Å². The zero-order valence-electron chi connectivity index (χ0n) is 17.0. The lowest BCUT2D eigenvalue weighted by Gasteiger charge is -2.38. The van der Waals surface area contributed by atoms with E-state index in [1.165, 1.54) is 31.2 Å². The smallest absolute Gasteiger partial charge is 0.270 e. The molecule has 150 valence electrons. The Morgan fingerprint density at radius 2 is 1.55 bits per heavy atom. The lowest BCUT2D eigenvalue weighted by atomic mass is 10.1. The largest absolute Gasteiger partial charge is 0.335 e. The van der Waals surface area contributed by atoms with Crippen LogP contribution in [0.3, 0.4) is 0 Å². The van der Waals surface area contributed by atoms with Crippen LogP contribution in [0.1, 0.15) is 41.7 Å². The quantitative estimate of drug-likeness (QED) is 0.664. The summed E-state index contributed by atoms with van der Waals surface area (Å²) in [5.41, 5.74) is 3.16. The van der Waals surface area contributed by atoms with Crippen LogP contribution < -0.4 is 0 Å².